The molecule has 2 N–H and O–H groups in total. The summed E-state index contributed by atoms with van der Waals surface area (Å²) < 4.78 is 5.14. The molecule has 1 saturated heterocycles. The summed E-state index contributed by atoms with van der Waals surface area (Å²) in [5, 5.41) is 6.01. The molecule has 126 valence electrons. The summed E-state index contributed by atoms with van der Waals surface area (Å²) in [5.74, 6) is 0.494. The lowest BCUT2D eigenvalue weighted by Crippen LogP contribution is -2.27. The Morgan fingerprint density at radius 3 is 2.74 bits per heavy atom. The zero-order valence-corrected chi connectivity index (χ0v) is 13.7. The van der Waals surface area contributed by atoms with Gasteiger partial charge < -0.3 is 15.4 Å². The normalized spacial score (nSPS) is 20.5. The van der Waals surface area contributed by atoms with Gasteiger partial charge in [-0.2, -0.15) is 0 Å². The molecule has 0 radical (unpaired) electrons. The Hall–Kier alpha value is -1.88. The van der Waals surface area contributed by atoms with Crippen LogP contribution in [0.4, 0.5) is 4.79 Å². The van der Waals surface area contributed by atoms with E-state index in [-0.39, 0.29) is 18.1 Å². The van der Waals surface area contributed by atoms with E-state index in [0.717, 1.165) is 37.8 Å². The second kappa shape index (κ2) is 9.30. The molecule has 0 bridgehead atoms. The number of carbonyl (C=O) groups is 2. The monoisotopic (exact) mass is 318 g/mol. The van der Waals surface area contributed by atoms with Gasteiger partial charge >= 0.3 is 6.09 Å². The SMILES string of the molecule is CC1CN[C@H](CCCCCNC(=O)OCc2ccccc2)C1=O. The van der Waals surface area contributed by atoms with Crippen LogP contribution in [0.2, 0.25) is 0 Å². The molecule has 1 aliphatic heterocycles. The Bertz CT molecular complexity index is 504. The molecule has 0 aliphatic carbocycles. The molecule has 23 heavy (non-hydrogen) atoms. The third-order valence-electron chi connectivity index (χ3n) is 4.15. The van der Waals surface area contributed by atoms with Gasteiger partial charge in [0.15, 0.2) is 5.78 Å². The highest BCUT2D eigenvalue weighted by Gasteiger charge is 2.29. The summed E-state index contributed by atoms with van der Waals surface area (Å²) in [7, 11) is 0. The fourth-order valence-electron chi connectivity index (χ4n) is 2.72. The number of Topliss-reactive ketones (excluding diaryl/α,β-unsaturated/α-hetero) is 1. The number of ether oxygens (including phenoxy) is 1. The first kappa shape index (κ1) is 17.5. The van der Waals surface area contributed by atoms with Crippen molar-refractivity contribution in [1.82, 2.24) is 10.6 Å². The predicted molar refractivity (Wildman–Crippen MR) is 89.1 cm³/mol. The summed E-state index contributed by atoms with van der Waals surface area (Å²) in [6.45, 7) is 3.68. The summed E-state index contributed by atoms with van der Waals surface area (Å²) in [6.07, 6.45) is 3.41. The summed E-state index contributed by atoms with van der Waals surface area (Å²) in [6, 6.07) is 9.65. The number of nitrogens with one attached hydrogen (secondary N) is 2. The maximum atomic E-state index is 11.8. The highest BCUT2D eigenvalue weighted by atomic mass is 16.5. The van der Waals surface area contributed by atoms with Crippen molar-refractivity contribution in [3.63, 3.8) is 0 Å². The summed E-state index contributed by atoms with van der Waals surface area (Å²) in [4.78, 5) is 23.3. The van der Waals surface area contributed by atoms with Gasteiger partial charge in [-0.25, -0.2) is 4.79 Å². The maximum Gasteiger partial charge on any atom is 0.407 e. The third kappa shape index (κ3) is 6.02. The second-order valence-electron chi connectivity index (χ2n) is 6.10. The van der Waals surface area contributed by atoms with Crippen molar-refractivity contribution >= 4 is 11.9 Å². The van der Waals surface area contributed by atoms with Gasteiger partial charge in [0.05, 0.1) is 6.04 Å². The van der Waals surface area contributed by atoms with E-state index in [1.807, 2.05) is 37.3 Å². The first-order chi connectivity index (χ1) is 11.2. The van der Waals surface area contributed by atoms with Crippen LogP contribution >= 0.6 is 0 Å². The molecule has 1 aromatic carbocycles. The number of alkyl carbamates (subject to hydrolysis) is 1. The molecule has 1 heterocycles. The zero-order chi connectivity index (χ0) is 16.5. The quantitative estimate of drug-likeness (QED) is 0.723. The van der Waals surface area contributed by atoms with Crippen LogP contribution in [0.1, 0.15) is 38.2 Å². The minimum atomic E-state index is -0.379. The van der Waals surface area contributed by atoms with Crippen LogP contribution in [0.15, 0.2) is 30.3 Å². The van der Waals surface area contributed by atoms with E-state index >= 15 is 0 Å². The number of carbonyl (C=O) groups excluding carboxylic acids is 2. The predicted octanol–water partition coefficient (Wildman–Crippen LogP) is 2.65. The molecule has 5 heteroatoms. The molecule has 1 amide bonds. The minimum absolute atomic E-state index is 0.0359. The topological polar surface area (TPSA) is 67.4 Å². The molecular formula is C18H26N2O3. The number of hydrogen-bond acceptors (Lipinski definition) is 4. The molecule has 0 aromatic heterocycles. The number of amides is 1. The van der Waals surface area contributed by atoms with Gasteiger partial charge in [-0.05, 0) is 18.4 Å². The molecule has 1 fully saturated rings. The number of benzene rings is 1. The van der Waals surface area contributed by atoms with Crippen LogP contribution in [-0.4, -0.2) is 31.0 Å². The highest BCUT2D eigenvalue weighted by Crippen LogP contribution is 2.14. The van der Waals surface area contributed by atoms with Crippen LogP contribution in [-0.2, 0) is 16.1 Å². The van der Waals surface area contributed by atoms with E-state index < -0.39 is 0 Å². The number of hydrogen-bond donors (Lipinski definition) is 2. The van der Waals surface area contributed by atoms with Crippen LogP contribution in [0.3, 0.4) is 0 Å². The van der Waals surface area contributed by atoms with Gasteiger partial charge in [0, 0.05) is 19.0 Å². The molecule has 0 spiro atoms. The van der Waals surface area contributed by atoms with Crippen molar-refractivity contribution in [2.24, 2.45) is 5.92 Å². The van der Waals surface area contributed by atoms with Gasteiger partial charge in [-0.3, -0.25) is 4.79 Å². The van der Waals surface area contributed by atoms with E-state index in [9.17, 15) is 9.59 Å². The first-order valence-corrected chi connectivity index (χ1v) is 8.38. The van der Waals surface area contributed by atoms with E-state index in [2.05, 4.69) is 10.6 Å². The van der Waals surface area contributed by atoms with Gasteiger partial charge in [-0.15, -0.1) is 0 Å². The molecule has 1 unspecified atom stereocenters. The van der Waals surface area contributed by atoms with Crippen molar-refractivity contribution in [2.75, 3.05) is 13.1 Å². The van der Waals surface area contributed by atoms with Crippen LogP contribution in [0.25, 0.3) is 0 Å². The number of ketones is 1. The number of unbranched alkanes of at least 4 members (excludes halogenated alkanes) is 2. The van der Waals surface area contributed by atoms with Gasteiger partial charge in [0.25, 0.3) is 0 Å². The van der Waals surface area contributed by atoms with E-state index in [0.29, 0.717) is 18.9 Å². The minimum Gasteiger partial charge on any atom is -0.445 e. The standard InChI is InChI=1S/C18H26N2O3/c1-14-12-20-16(17(14)21)10-6-3-7-11-19-18(22)23-13-15-8-4-2-5-9-15/h2,4-5,8-9,14,16,20H,3,6-7,10-13H2,1H3,(H,19,22)/t14?,16-/m1/s1. The van der Waals surface area contributed by atoms with E-state index in [1.54, 1.807) is 0 Å². The fraction of sp³-hybridized carbons (Fsp3) is 0.556. The van der Waals surface area contributed by atoms with Crippen molar-refractivity contribution in [3.05, 3.63) is 35.9 Å². The van der Waals surface area contributed by atoms with Crippen molar-refractivity contribution in [3.8, 4) is 0 Å². The second-order valence-corrected chi connectivity index (χ2v) is 6.10. The molecule has 1 aliphatic rings. The molecule has 2 atom stereocenters. The third-order valence-corrected chi connectivity index (χ3v) is 4.15. The van der Waals surface area contributed by atoms with Crippen molar-refractivity contribution in [1.29, 1.82) is 0 Å². The Kier molecular flexibility index (Phi) is 7.07. The van der Waals surface area contributed by atoms with Crippen molar-refractivity contribution < 1.29 is 14.3 Å². The smallest absolute Gasteiger partial charge is 0.407 e. The summed E-state index contributed by atoms with van der Waals surface area (Å²) in [5.41, 5.74) is 0.977. The van der Waals surface area contributed by atoms with Crippen molar-refractivity contribution in [2.45, 2.75) is 45.3 Å². The Balaban J connectivity index is 1.47. The van der Waals surface area contributed by atoms with Crippen LogP contribution < -0.4 is 10.6 Å². The Labute approximate surface area is 137 Å². The van der Waals surface area contributed by atoms with Gasteiger partial charge in [-0.1, -0.05) is 50.1 Å². The van der Waals surface area contributed by atoms with Gasteiger partial charge in [0.1, 0.15) is 6.61 Å². The Morgan fingerprint density at radius 2 is 2.04 bits per heavy atom. The summed E-state index contributed by atoms with van der Waals surface area (Å²) >= 11 is 0. The number of rotatable bonds is 8. The average molecular weight is 318 g/mol. The van der Waals surface area contributed by atoms with Gasteiger partial charge in [0.2, 0.25) is 0 Å². The molecular weight excluding hydrogens is 292 g/mol. The van der Waals surface area contributed by atoms with E-state index in [4.69, 9.17) is 4.74 Å². The molecule has 2 rings (SSSR count). The lowest BCUT2D eigenvalue weighted by molar-refractivity contribution is -0.121. The lowest BCUT2D eigenvalue weighted by Gasteiger charge is -2.09. The maximum absolute atomic E-state index is 11.8. The van der Waals surface area contributed by atoms with Crippen LogP contribution in [0.5, 0.6) is 0 Å². The fourth-order valence-corrected chi connectivity index (χ4v) is 2.72. The highest BCUT2D eigenvalue weighted by molar-refractivity contribution is 5.88. The van der Waals surface area contributed by atoms with E-state index in [1.165, 1.54) is 0 Å². The molecule has 0 saturated carbocycles. The largest absolute Gasteiger partial charge is 0.445 e. The average Bonchev–Trinajstić information content (AvgIpc) is 2.89. The zero-order valence-electron chi connectivity index (χ0n) is 13.7. The molecule has 5 nitrogen and oxygen atoms in total. The molecule has 1 aromatic rings. The first-order valence-electron chi connectivity index (χ1n) is 8.38. The lowest BCUT2D eigenvalue weighted by atomic mass is 10.0. The van der Waals surface area contributed by atoms with Crippen LogP contribution in [0, 0.1) is 5.92 Å². The Morgan fingerprint density at radius 1 is 1.26 bits per heavy atom.